The molecule has 2 N–H and O–H groups in total. The zero-order valence-electron chi connectivity index (χ0n) is 13.1. The number of hydrogen-bond acceptors (Lipinski definition) is 3. The first-order valence-electron chi connectivity index (χ1n) is 7.97. The third kappa shape index (κ3) is 3.99. The van der Waals surface area contributed by atoms with Gasteiger partial charge in [-0.1, -0.05) is 19.1 Å². The molecule has 1 aromatic heterocycles. The Kier molecular flexibility index (Phi) is 4.76. The SMILES string of the molecule is CC1CC1c1ccc(CNCCNC(=O)c2ccccc2F)o1. The Balaban J connectivity index is 1.36. The summed E-state index contributed by atoms with van der Waals surface area (Å²) in [5, 5.41) is 5.90. The van der Waals surface area contributed by atoms with E-state index in [-0.39, 0.29) is 5.56 Å². The Bertz CT molecular complexity index is 683. The van der Waals surface area contributed by atoms with Crippen molar-refractivity contribution in [3.8, 4) is 0 Å². The average molecular weight is 316 g/mol. The van der Waals surface area contributed by atoms with E-state index in [1.54, 1.807) is 12.1 Å². The van der Waals surface area contributed by atoms with Gasteiger partial charge >= 0.3 is 0 Å². The van der Waals surface area contributed by atoms with Crippen LogP contribution < -0.4 is 10.6 Å². The van der Waals surface area contributed by atoms with Crippen LogP contribution in [0.15, 0.2) is 40.8 Å². The second-order valence-electron chi connectivity index (χ2n) is 6.04. The Hall–Kier alpha value is -2.14. The maximum absolute atomic E-state index is 13.4. The monoisotopic (exact) mass is 316 g/mol. The Morgan fingerprint density at radius 3 is 2.78 bits per heavy atom. The van der Waals surface area contributed by atoms with Crippen LogP contribution in [0.4, 0.5) is 4.39 Å². The van der Waals surface area contributed by atoms with Gasteiger partial charge in [-0.25, -0.2) is 4.39 Å². The van der Waals surface area contributed by atoms with Crippen molar-refractivity contribution in [1.29, 1.82) is 0 Å². The lowest BCUT2D eigenvalue weighted by molar-refractivity contribution is 0.0950. The van der Waals surface area contributed by atoms with Crippen LogP contribution in [0.3, 0.4) is 0 Å². The van der Waals surface area contributed by atoms with Crippen molar-refractivity contribution < 1.29 is 13.6 Å². The predicted octanol–water partition coefficient (Wildman–Crippen LogP) is 3.06. The van der Waals surface area contributed by atoms with E-state index in [9.17, 15) is 9.18 Å². The van der Waals surface area contributed by atoms with Crippen LogP contribution in [-0.2, 0) is 6.54 Å². The first kappa shape index (κ1) is 15.7. The summed E-state index contributed by atoms with van der Waals surface area (Å²) >= 11 is 0. The van der Waals surface area contributed by atoms with Gasteiger partial charge in [-0.05, 0) is 36.6 Å². The Morgan fingerprint density at radius 1 is 1.26 bits per heavy atom. The molecule has 2 unspecified atom stereocenters. The van der Waals surface area contributed by atoms with Gasteiger partial charge < -0.3 is 15.1 Å². The van der Waals surface area contributed by atoms with Gasteiger partial charge in [0.05, 0.1) is 12.1 Å². The van der Waals surface area contributed by atoms with Crippen molar-refractivity contribution in [3.05, 3.63) is 59.3 Å². The second kappa shape index (κ2) is 6.96. The summed E-state index contributed by atoms with van der Waals surface area (Å²) in [4.78, 5) is 11.8. The number of nitrogens with one attached hydrogen (secondary N) is 2. The number of furan rings is 1. The van der Waals surface area contributed by atoms with Gasteiger partial charge in [0.15, 0.2) is 0 Å². The molecule has 4 nitrogen and oxygen atoms in total. The van der Waals surface area contributed by atoms with E-state index in [2.05, 4.69) is 17.6 Å². The molecular formula is C18H21FN2O2. The number of carbonyl (C=O) groups excluding carboxylic acids is 1. The molecule has 1 fully saturated rings. The lowest BCUT2D eigenvalue weighted by Gasteiger charge is -2.06. The van der Waals surface area contributed by atoms with Crippen LogP contribution in [-0.4, -0.2) is 19.0 Å². The van der Waals surface area contributed by atoms with Crippen LogP contribution in [0.25, 0.3) is 0 Å². The minimum atomic E-state index is -0.504. The third-order valence-corrected chi connectivity index (χ3v) is 4.16. The number of carbonyl (C=O) groups is 1. The number of amides is 1. The molecule has 1 aliphatic carbocycles. The second-order valence-corrected chi connectivity index (χ2v) is 6.04. The highest BCUT2D eigenvalue weighted by Crippen LogP contribution is 2.47. The summed E-state index contributed by atoms with van der Waals surface area (Å²) in [5.41, 5.74) is 0.0710. The molecule has 0 aliphatic heterocycles. The standard InChI is InChI=1S/C18H21FN2O2/c1-12-10-15(12)17-7-6-13(23-17)11-20-8-9-21-18(22)14-4-2-3-5-16(14)19/h2-7,12,15,20H,8-11H2,1H3,(H,21,22). The average Bonchev–Trinajstić information content (AvgIpc) is 3.09. The molecule has 1 aliphatic rings. The fourth-order valence-electron chi connectivity index (χ4n) is 2.62. The summed E-state index contributed by atoms with van der Waals surface area (Å²) in [6.07, 6.45) is 1.21. The number of hydrogen-bond donors (Lipinski definition) is 2. The molecule has 122 valence electrons. The first-order valence-corrected chi connectivity index (χ1v) is 7.97. The lowest BCUT2D eigenvalue weighted by atomic mass is 10.2. The minimum Gasteiger partial charge on any atom is -0.464 e. The van der Waals surface area contributed by atoms with E-state index in [0.29, 0.717) is 25.6 Å². The molecule has 2 atom stereocenters. The summed E-state index contributed by atoms with van der Waals surface area (Å²) in [6, 6.07) is 10.00. The zero-order valence-corrected chi connectivity index (χ0v) is 13.1. The van der Waals surface area contributed by atoms with Gasteiger partial charge in [0.1, 0.15) is 17.3 Å². The van der Waals surface area contributed by atoms with Crippen LogP contribution >= 0.6 is 0 Å². The van der Waals surface area contributed by atoms with Crippen molar-refractivity contribution in [2.45, 2.75) is 25.8 Å². The Morgan fingerprint density at radius 2 is 2.04 bits per heavy atom. The van der Waals surface area contributed by atoms with Gasteiger partial charge in [-0.15, -0.1) is 0 Å². The summed E-state index contributed by atoms with van der Waals surface area (Å²) in [6.45, 7) is 3.87. The van der Waals surface area contributed by atoms with Crippen molar-refractivity contribution >= 4 is 5.91 Å². The molecule has 0 bridgehead atoms. The van der Waals surface area contributed by atoms with Gasteiger partial charge in [-0.2, -0.15) is 0 Å². The number of halogens is 1. The molecule has 0 spiro atoms. The fourth-order valence-corrected chi connectivity index (χ4v) is 2.62. The van der Waals surface area contributed by atoms with Gasteiger partial charge in [0.2, 0.25) is 0 Å². The van der Waals surface area contributed by atoms with Gasteiger partial charge in [-0.3, -0.25) is 4.79 Å². The topological polar surface area (TPSA) is 54.3 Å². The maximum atomic E-state index is 13.4. The van der Waals surface area contributed by atoms with Gasteiger partial charge in [0, 0.05) is 19.0 Å². The van der Waals surface area contributed by atoms with E-state index in [0.717, 1.165) is 17.4 Å². The molecule has 0 saturated heterocycles. The summed E-state index contributed by atoms with van der Waals surface area (Å²) in [7, 11) is 0. The highest BCUT2D eigenvalue weighted by molar-refractivity contribution is 5.94. The molecule has 1 amide bonds. The fraction of sp³-hybridized carbons (Fsp3) is 0.389. The third-order valence-electron chi connectivity index (χ3n) is 4.16. The number of rotatable bonds is 7. The van der Waals surface area contributed by atoms with Crippen molar-refractivity contribution in [2.75, 3.05) is 13.1 Å². The van der Waals surface area contributed by atoms with Crippen molar-refractivity contribution in [3.63, 3.8) is 0 Å². The summed E-state index contributed by atoms with van der Waals surface area (Å²) < 4.78 is 19.2. The molecule has 1 saturated carbocycles. The largest absolute Gasteiger partial charge is 0.464 e. The van der Waals surface area contributed by atoms with Gasteiger partial charge in [0.25, 0.3) is 5.91 Å². The van der Waals surface area contributed by atoms with Crippen LogP contribution in [0.5, 0.6) is 0 Å². The van der Waals surface area contributed by atoms with E-state index in [1.165, 1.54) is 18.6 Å². The normalized spacial score (nSPS) is 19.6. The molecule has 1 aromatic carbocycles. The highest BCUT2D eigenvalue weighted by atomic mass is 19.1. The number of benzene rings is 1. The molecule has 3 rings (SSSR count). The van der Waals surface area contributed by atoms with Crippen LogP contribution in [0, 0.1) is 11.7 Å². The van der Waals surface area contributed by atoms with E-state index in [4.69, 9.17) is 4.42 Å². The lowest BCUT2D eigenvalue weighted by Crippen LogP contribution is -2.32. The zero-order chi connectivity index (χ0) is 16.2. The highest BCUT2D eigenvalue weighted by Gasteiger charge is 2.36. The minimum absolute atomic E-state index is 0.0710. The van der Waals surface area contributed by atoms with Crippen LogP contribution in [0.1, 0.15) is 41.1 Å². The van der Waals surface area contributed by atoms with E-state index >= 15 is 0 Å². The van der Waals surface area contributed by atoms with E-state index < -0.39 is 11.7 Å². The molecule has 1 heterocycles. The molecule has 0 radical (unpaired) electrons. The predicted molar refractivity (Wildman–Crippen MR) is 85.7 cm³/mol. The molecule has 23 heavy (non-hydrogen) atoms. The maximum Gasteiger partial charge on any atom is 0.254 e. The van der Waals surface area contributed by atoms with Crippen molar-refractivity contribution in [2.24, 2.45) is 5.92 Å². The quantitative estimate of drug-likeness (QED) is 0.772. The van der Waals surface area contributed by atoms with Crippen LogP contribution in [0.2, 0.25) is 0 Å². The molecular weight excluding hydrogens is 295 g/mol. The van der Waals surface area contributed by atoms with E-state index in [1.807, 2.05) is 12.1 Å². The molecule has 5 heteroatoms. The van der Waals surface area contributed by atoms with Crippen molar-refractivity contribution in [1.82, 2.24) is 10.6 Å². The smallest absolute Gasteiger partial charge is 0.254 e. The Labute approximate surface area is 135 Å². The summed E-state index contributed by atoms with van der Waals surface area (Å²) in [5.74, 6) is 2.39. The first-order chi connectivity index (χ1) is 11.1. The molecule has 2 aromatic rings.